The Bertz CT molecular complexity index is 470. The van der Waals surface area contributed by atoms with E-state index in [-0.39, 0.29) is 41.8 Å². The van der Waals surface area contributed by atoms with Crippen LogP contribution in [-0.2, 0) is 14.3 Å². The summed E-state index contributed by atoms with van der Waals surface area (Å²) in [6.07, 6.45) is 7.31. The molecule has 0 radical (unpaired) electrons. The first-order chi connectivity index (χ1) is 13.1. The van der Waals surface area contributed by atoms with Crippen LogP contribution in [0.1, 0.15) is 58.8 Å². The number of amides is 1. The van der Waals surface area contributed by atoms with Crippen LogP contribution in [-0.4, -0.2) is 63.5 Å². The number of rotatable bonds is 8. The topological polar surface area (TPSA) is 84.0 Å². The molecule has 7 nitrogen and oxygen atoms in total. The highest BCUT2D eigenvalue weighted by Gasteiger charge is 2.27. The third kappa shape index (κ3) is 9.73. The second kappa shape index (κ2) is 14.4. The minimum atomic E-state index is 0. The molecule has 2 fully saturated rings. The van der Waals surface area contributed by atoms with Crippen molar-refractivity contribution in [3.05, 3.63) is 0 Å². The first-order valence-electron chi connectivity index (χ1n) is 10.6. The van der Waals surface area contributed by atoms with Gasteiger partial charge in [0.1, 0.15) is 0 Å². The molecular formula is C20H39IN4O3. The van der Waals surface area contributed by atoms with E-state index >= 15 is 0 Å². The fourth-order valence-corrected chi connectivity index (χ4v) is 3.72. The molecule has 1 saturated heterocycles. The van der Waals surface area contributed by atoms with Gasteiger partial charge in [0.15, 0.2) is 5.96 Å². The molecule has 2 atom stereocenters. The summed E-state index contributed by atoms with van der Waals surface area (Å²) >= 11 is 0. The number of guanidine groups is 1. The summed E-state index contributed by atoms with van der Waals surface area (Å²) < 4.78 is 11.2. The number of carbonyl (C=O) groups excluding carboxylic acids is 1. The molecule has 2 aliphatic rings. The minimum Gasteiger partial charge on any atom is -0.381 e. The Morgan fingerprint density at radius 3 is 2.64 bits per heavy atom. The van der Waals surface area contributed by atoms with Crippen molar-refractivity contribution in [2.45, 2.75) is 77.0 Å². The Morgan fingerprint density at radius 1 is 1.21 bits per heavy atom. The summed E-state index contributed by atoms with van der Waals surface area (Å²) in [6, 6.07) is 0.495. The van der Waals surface area contributed by atoms with Crippen LogP contribution in [0.5, 0.6) is 0 Å². The number of nitrogens with one attached hydrogen (secondary N) is 3. The maximum absolute atomic E-state index is 12.3. The van der Waals surface area contributed by atoms with Crippen molar-refractivity contribution in [2.75, 3.05) is 33.4 Å². The molecule has 164 valence electrons. The standard InChI is InChI=1S/C20H38N4O3.HI/c1-15(2)23-19(25)16-6-4-7-17(14-16)24-20(21-3)22-10-5-11-27-18-8-12-26-13-9-18;/h15-18H,4-14H2,1-3H3,(H,23,25)(H2,21,22,24);1H. The second-order valence-electron chi connectivity index (χ2n) is 7.90. The lowest BCUT2D eigenvalue weighted by atomic mass is 9.85. The van der Waals surface area contributed by atoms with Crippen molar-refractivity contribution in [1.82, 2.24) is 16.0 Å². The summed E-state index contributed by atoms with van der Waals surface area (Å²) in [7, 11) is 1.79. The van der Waals surface area contributed by atoms with Crippen LogP contribution in [0.3, 0.4) is 0 Å². The summed E-state index contributed by atoms with van der Waals surface area (Å²) in [6.45, 7) is 7.23. The summed E-state index contributed by atoms with van der Waals surface area (Å²) in [5.74, 6) is 1.10. The predicted molar refractivity (Wildman–Crippen MR) is 123 cm³/mol. The molecule has 0 aromatic heterocycles. The summed E-state index contributed by atoms with van der Waals surface area (Å²) in [5.41, 5.74) is 0. The predicted octanol–water partition coefficient (Wildman–Crippen LogP) is 2.44. The Labute approximate surface area is 187 Å². The lowest BCUT2D eigenvalue weighted by Gasteiger charge is -2.30. The van der Waals surface area contributed by atoms with Gasteiger partial charge in [-0.25, -0.2) is 0 Å². The van der Waals surface area contributed by atoms with Gasteiger partial charge in [0.05, 0.1) is 6.10 Å². The zero-order valence-corrected chi connectivity index (χ0v) is 20.0. The molecule has 0 aromatic carbocycles. The van der Waals surface area contributed by atoms with E-state index in [1.807, 2.05) is 13.8 Å². The molecule has 1 aliphatic carbocycles. The van der Waals surface area contributed by atoms with Gasteiger partial charge in [-0.3, -0.25) is 9.79 Å². The molecule has 1 aliphatic heterocycles. The Kier molecular flexibility index (Phi) is 13.1. The van der Waals surface area contributed by atoms with E-state index < -0.39 is 0 Å². The van der Waals surface area contributed by atoms with E-state index in [1.54, 1.807) is 7.05 Å². The van der Waals surface area contributed by atoms with E-state index in [9.17, 15) is 4.79 Å². The van der Waals surface area contributed by atoms with Crippen molar-refractivity contribution in [1.29, 1.82) is 0 Å². The van der Waals surface area contributed by atoms with Crippen LogP contribution in [0.4, 0.5) is 0 Å². The monoisotopic (exact) mass is 510 g/mol. The maximum Gasteiger partial charge on any atom is 0.223 e. The largest absolute Gasteiger partial charge is 0.381 e. The van der Waals surface area contributed by atoms with Crippen molar-refractivity contribution in [2.24, 2.45) is 10.9 Å². The highest BCUT2D eigenvalue weighted by atomic mass is 127. The fourth-order valence-electron chi connectivity index (χ4n) is 3.72. The molecule has 0 spiro atoms. The Morgan fingerprint density at radius 2 is 1.96 bits per heavy atom. The van der Waals surface area contributed by atoms with Gasteiger partial charge in [0.2, 0.25) is 5.91 Å². The average Bonchev–Trinajstić information content (AvgIpc) is 2.67. The molecule has 1 amide bonds. The molecule has 0 bridgehead atoms. The van der Waals surface area contributed by atoms with Crippen LogP contribution in [0, 0.1) is 5.92 Å². The normalized spacial score (nSPS) is 23.8. The number of halogens is 1. The number of carbonyl (C=O) groups is 1. The van der Waals surface area contributed by atoms with Gasteiger partial charge in [-0.15, -0.1) is 24.0 Å². The average molecular weight is 510 g/mol. The van der Waals surface area contributed by atoms with Crippen molar-refractivity contribution in [3.63, 3.8) is 0 Å². The van der Waals surface area contributed by atoms with E-state index in [4.69, 9.17) is 9.47 Å². The molecule has 2 rings (SSSR count). The number of hydrogen-bond acceptors (Lipinski definition) is 4. The maximum atomic E-state index is 12.3. The molecule has 8 heteroatoms. The minimum absolute atomic E-state index is 0. The van der Waals surface area contributed by atoms with Crippen LogP contribution >= 0.6 is 24.0 Å². The highest BCUT2D eigenvalue weighted by molar-refractivity contribution is 14.0. The van der Waals surface area contributed by atoms with Crippen LogP contribution in [0.25, 0.3) is 0 Å². The molecule has 2 unspecified atom stereocenters. The van der Waals surface area contributed by atoms with Crippen molar-refractivity contribution in [3.8, 4) is 0 Å². The van der Waals surface area contributed by atoms with E-state index in [0.717, 1.165) is 77.3 Å². The number of aliphatic imine (C=N–C) groups is 1. The van der Waals surface area contributed by atoms with Crippen LogP contribution in [0.15, 0.2) is 4.99 Å². The van der Waals surface area contributed by atoms with Gasteiger partial charge < -0.3 is 25.4 Å². The summed E-state index contributed by atoms with van der Waals surface area (Å²) in [4.78, 5) is 16.6. The Hall–Kier alpha value is -0.610. The van der Waals surface area contributed by atoms with Crippen molar-refractivity contribution >= 4 is 35.8 Å². The van der Waals surface area contributed by atoms with Gasteiger partial charge in [0.25, 0.3) is 0 Å². The second-order valence-corrected chi connectivity index (χ2v) is 7.90. The zero-order valence-electron chi connectivity index (χ0n) is 17.7. The Balaban J connectivity index is 0.00000392. The van der Waals surface area contributed by atoms with Crippen LogP contribution in [0.2, 0.25) is 0 Å². The summed E-state index contributed by atoms with van der Waals surface area (Å²) in [5, 5.41) is 9.89. The van der Waals surface area contributed by atoms with Crippen LogP contribution < -0.4 is 16.0 Å². The third-order valence-electron chi connectivity index (χ3n) is 5.18. The number of hydrogen-bond donors (Lipinski definition) is 3. The lowest BCUT2D eigenvalue weighted by Crippen LogP contribution is -2.47. The number of ether oxygens (including phenoxy) is 2. The third-order valence-corrected chi connectivity index (χ3v) is 5.18. The van der Waals surface area contributed by atoms with E-state index in [2.05, 4.69) is 20.9 Å². The molecule has 3 N–H and O–H groups in total. The zero-order chi connectivity index (χ0) is 19.5. The number of nitrogens with zero attached hydrogens (tertiary/aromatic N) is 1. The molecule has 28 heavy (non-hydrogen) atoms. The van der Waals surface area contributed by atoms with Gasteiger partial charge in [-0.1, -0.05) is 6.42 Å². The van der Waals surface area contributed by atoms with E-state index in [0.29, 0.717) is 12.1 Å². The lowest BCUT2D eigenvalue weighted by molar-refractivity contribution is -0.126. The van der Waals surface area contributed by atoms with Gasteiger partial charge in [0, 0.05) is 51.4 Å². The first kappa shape index (κ1) is 25.4. The fraction of sp³-hybridized carbons (Fsp3) is 0.900. The van der Waals surface area contributed by atoms with Gasteiger partial charge >= 0.3 is 0 Å². The van der Waals surface area contributed by atoms with Crippen molar-refractivity contribution < 1.29 is 14.3 Å². The highest BCUT2D eigenvalue weighted by Crippen LogP contribution is 2.24. The SMILES string of the molecule is CN=C(NCCCOC1CCOCC1)NC1CCCC(C(=O)NC(C)C)C1.I. The molecular weight excluding hydrogens is 471 g/mol. The molecule has 0 aromatic rings. The first-order valence-corrected chi connectivity index (χ1v) is 10.6. The van der Waals surface area contributed by atoms with Gasteiger partial charge in [-0.2, -0.15) is 0 Å². The molecule has 1 saturated carbocycles. The van der Waals surface area contributed by atoms with Gasteiger partial charge in [-0.05, 0) is 52.4 Å². The quantitative estimate of drug-likeness (QED) is 0.202. The van der Waals surface area contributed by atoms with E-state index in [1.165, 1.54) is 0 Å². The molecule has 1 heterocycles. The smallest absolute Gasteiger partial charge is 0.223 e.